The van der Waals surface area contributed by atoms with Gasteiger partial charge in [0.15, 0.2) is 0 Å². The van der Waals surface area contributed by atoms with E-state index in [1.165, 1.54) is 13.0 Å². The standard InChI is InChI=1S/C23H27FN4O6/c1-4-13-8-14(6-7-16(13)25)21(31)26-17-9-15(24)11-28(22(17)32)12(3)20(30)27-18-10-19(29)34-23(18)33-5-2/h6-9,11-12,18,23H,4-5,10,25H2,1-3H3,(H,26,31)(H,27,30). The van der Waals surface area contributed by atoms with Crippen molar-refractivity contribution in [1.82, 2.24) is 9.88 Å². The van der Waals surface area contributed by atoms with Crippen molar-refractivity contribution < 1.29 is 28.2 Å². The Bertz CT molecular complexity index is 1160. The first-order valence-corrected chi connectivity index (χ1v) is 10.9. The third-order valence-electron chi connectivity index (χ3n) is 5.46. The number of ether oxygens (including phenoxy) is 2. The molecule has 2 amide bonds. The van der Waals surface area contributed by atoms with Gasteiger partial charge in [0.2, 0.25) is 12.2 Å². The van der Waals surface area contributed by atoms with Crippen LogP contribution in [0.4, 0.5) is 15.8 Å². The van der Waals surface area contributed by atoms with Crippen molar-refractivity contribution in [2.24, 2.45) is 0 Å². The lowest BCUT2D eigenvalue weighted by atomic mass is 10.1. The van der Waals surface area contributed by atoms with Crippen LogP contribution in [-0.2, 0) is 25.5 Å². The SMILES string of the molecule is CCOC1OC(=O)CC1NC(=O)C(C)n1cc(F)cc(NC(=O)c2ccc(N)c(CC)c2)c1=O. The Balaban J connectivity index is 1.80. The maximum atomic E-state index is 14.3. The predicted molar refractivity (Wildman–Crippen MR) is 122 cm³/mol. The van der Waals surface area contributed by atoms with Crippen LogP contribution in [-0.4, -0.2) is 41.3 Å². The number of nitrogens with two attached hydrogens (primary N) is 1. The molecule has 0 saturated carbocycles. The smallest absolute Gasteiger partial charge is 0.310 e. The summed E-state index contributed by atoms with van der Waals surface area (Å²) in [4.78, 5) is 50.0. The molecule has 0 bridgehead atoms. The summed E-state index contributed by atoms with van der Waals surface area (Å²) in [6, 6.07) is 3.66. The number of hydrogen-bond donors (Lipinski definition) is 3. The lowest BCUT2D eigenvalue weighted by molar-refractivity contribution is -0.164. The van der Waals surface area contributed by atoms with Crippen LogP contribution in [0.3, 0.4) is 0 Å². The van der Waals surface area contributed by atoms with Crippen molar-refractivity contribution >= 4 is 29.2 Å². The Morgan fingerprint density at radius 2 is 2.03 bits per heavy atom. The number of esters is 1. The van der Waals surface area contributed by atoms with Crippen LogP contribution < -0.4 is 21.9 Å². The fraction of sp³-hybridized carbons (Fsp3) is 0.391. The molecule has 3 unspecified atom stereocenters. The molecule has 2 aromatic rings. The summed E-state index contributed by atoms with van der Waals surface area (Å²) >= 11 is 0. The molecule has 2 heterocycles. The van der Waals surface area contributed by atoms with Crippen molar-refractivity contribution in [2.45, 2.75) is 52.0 Å². The fourth-order valence-electron chi connectivity index (χ4n) is 3.59. The highest BCUT2D eigenvalue weighted by Gasteiger charge is 2.37. The van der Waals surface area contributed by atoms with Gasteiger partial charge in [0.1, 0.15) is 23.6 Å². The zero-order valence-electron chi connectivity index (χ0n) is 19.1. The Kier molecular flexibility index (Phi) is 7.67. The van der Waals surface area contributed by atoms with E-state index in [1.807, 2.05) is 6.92 Å². The molecule has 10 nitrogen and oxygen atoms in total. The number of anilines is 2. The first kappa shape index (κ1) is 24.9. The second kappa shape index (κ2) is 10.5. The number of aryl methyl sites for hydroxylation is 1. The van der Waals surface area contributed by atoms with E-state index in [0.29, 0.717) is 12.1 Å². The quantitative estimate of drug-likeness (QED) is 0.391. The molecule has 34 heavy (non-hydrogen) atoms. The van der Waals surface area contributed by atoms with Crippen molar-refractivity contribution in [2.75, 3.05) is 17.7 Å². The molecule has 1 fully saturated rings. The lowest BCUT2D eigenvalue weighted by Gasteiger charge is -2.22. The molecule has 1 aliphatic rings. The third kappa shape index (κ3) is 5.42. The number of amides is 2. The molecule has 1 aromatic carbocycles. The fourth-order valence-corrected chi connectivity index (χ4v) is 3.59. The van der Waals surface area contributed by atoms with Crippen molar-refractivity contribution in [3.05, 3.63) is 57.8 Å². The number of nitrogen functional groups attached to an aromatic ring is 1. The highest BCUT2D eigenvalue weighted by Crippen LogP contribution is 2.19. The normalized spacial score (nSPS) is 18.3. The summed E-state index contributed by atoms with van der Waals surface area (Å²) in [5.74, 6) is -2.63. The van der Waals surface area contributed by atoms with E-state index < -0.39 is 47.5 Å². The van der Waals surface area contributed by atoms with E-state index in [9.17, 15) is 23.6 Å². The number of carbonyl (C=O) groups excluding carboxylic acids is 3. The highest BCUT2D eigenvalue weighted by molar-refractivity contribution is 6.04. The zero-order valence-corrected chi connectivity index (χ0v) is 19.1. The van der Waals surface area contributed by atoms with Gasteiger partial charge in [0.25, 0.3) is 11.5 Å². The van der Waals surface area contributed by atoms with E-state index in [-0.39, 0.29) is 24.3 Å². The minimum atomic E-state index is -1.15. The van der Waals surface area contributed by atoms with Gasteiger partial charge in [0, 0.05) is 30.1 Å². The minimum absolute atomic E-state index is 0.0934. The largest absolute Gasteiger partial charge is 0.433 e. The van der Waals surface area contributed by atoms with Gasteiger partial charge < -0.3 is 25.8 Å². The minimum Gasteiger partial charge on any atom is -0.433 e. The number of halogens is 1. The molecule has 4 N–H and O–H groups in total. The van der Waals surface area contributed by atoms with Gasteiger partial charge in [-0.05, 0) is 44.0 Å². The van der Waals surface area contributed by atoms with E-state index in [2.05, 4.69) is 10.6 Å². The van der Waals surface area contributed by atoms with Crippen LogP contribution in [0.5, 0.6) is 0 Å². The van der Waals surface area contributed by atoms with Gasteiger partial charge in [-0.3, -0.25) is 23.7 Å². The van der Waals surface area contributed by atoms with Crippen LogP contribution in [0.2, 0.25) is 0 Å². The average Bonchev–Trinajstić information content (AvgIpc) is 3.14. The molecule has 0 radical (unpaired) electrons. The summed E-state index contributed by atoms with van der Waals surface area (Å²) in [6.45, 7) is 5.25. The molecule has 0 aliphatic carbocycles. The number of nitrogens with one attached hydrogen (secondary N) is 2. The van der Waals surface area contributed by atoms with Gasteiger partial charge in [-0.15, -0.1) is 0 Å². The number of aromatic nitrogens is 1. The summed E-state index contributed by atoms with van der Waals surface area (Å²) in [7, 11) is 0. The Hall–Kier alpha value is -3.73. The number of hydrogen-bond acceptors (Lipinski definition) is 7. The van der Waals surface area contributed by atoms with Crippen LogP contribution >= 0.6 is 0 Å². The van der Waals surface area contributed by atoms with Gasteiger partial charge in [-0.25, -0.2) is 4.39 Å². The summed E-state index contributed by atoms with van der Waals surface area (Å²) in [5, 5.41) is 5.01. The molecule has 1 aliphatic heterocycles. The van der Waals surface area contributed by atoms with Crippen molar-refractivity contribution in [3.8, 4) is 0 Å². The van der Waals surface area contributed by atoms with Crippen LogP contribution in [0.15, 0.2) is 35.3 Å². The maximum absolute atomic E-state index is 14.3. The van der Waals surface area contributed by atoms with E-state index in [0.717, 1.165) is 22.4 Å². The molecule has 1 aromatic heterocycles. The Labute approximate surface area is 195 Å². The van der Waals surface area contributed by atoms with E-state index >= 15 is 0 Å². The van der Waals surface area contributed by atoms with Crippen molar-refractivity contribution in [3.63, 3.8) is 0 Å². The molecule has 3 atom stereocenters. The third-order valence-corrected chi connectivity index (χ3v) is 5.46. The molecular formula is C23H27FN4O6. The summed E-state index contributed by atoms with van der Waals surface area (Å²) < 4.78 is 25.5. The lowest BCUT2D eigenvalue weighted by Crippen LogP contribution is -2.45. The molecule has 0 spiro atoms. The Morgan fingerprint density at radius 3 is 2.71 bits per heavy atom. The topological polar surface area (TPSA) is 142 Å². The molecule has 182 valence electrons. The molecule has 1 saturated heterocycles. The summed E-state index contributed by atoms with van der Waals surface area (Å²) in [6.07, 6.45) is 0.440. The first-order valence-electron chi connectivity index (χ1n) is 10.9. The monoisotopic (exact) mass is 474 g/mol. The average molecular weight is 474 g/mol. The van der Waals surface area contributed by atoms with E-state index in [1.54, 1.807) is 19.1 Å². The highest BCUT2D eigenvalue weighted by atomic mass is 19.1. The van der Waals surface area contributed by atoms with Gasteiger partial charge >= 0.3 is 5.97 Å². The number of pyridine rings is 1. The zero-order chi connectivity index (χ0) is 25.0. The Morgan fingerprint density at radius 1 is 1.29 bits per heavy atom. The van der Waals surface area contributed by atoms with Gasteiger partial charge in [0.05, 0.1) is 6.42 Å². The van der Waals surface area contributed by atoms with Crippen molar-refractivity contribution in [1.29, 1.82) is 0 Å². The second-order valence-corrected chi connectivity index (χ2v) is 7.81. The van der Waals surface area contributed by atoms with Crippen LogP contribution in [0.25, 0.3) is 0 Å². The molecule has 11 heteroatoms. The van der Waals surface area contributed by atoms with Crippen LogP contribution in [0, 0.1) is 5.82 Å². The second-order valence-electron chi connectivity index (χ2n) is 7.81. The maximum Gasteiger partial charge on any atom is 0.310 e. The van der Waals surface area contributed by atoms with E-state index in [4.69, 9.17) is 15.2 Å². The summed E-state index contributed by atoms with van der Waals surface area (Å²) in [5.41, 5.74) is 6.30. The van der Waals surface area contributed by atoms with Crippen LogP contribution in [0.1, 0.15) is 49.2 Å². The number of benzene rings is 1. The predicted octanol–water partition coefficient (Wildman–Crippen LogP) is 1.74. The number of rotatable bonds is 8. The molecule has 3 rings (SSSR count). The number of cyclic esters (lactones) is 1. The van der Waals surface area contributed by atoms with Gasteiger partial charge in [-0.2, -0.15) is 0 Å². The first-order chi connectivity index (χ1) is 16.1. The number of nitrogens with zero attached hydrogens (tertiary/aromatic N) is 1. The van der Waals surface area contributed by atoms with Gasteiger partial charge in [-0.1, -0.05) is 6.92 Å². The number of carbonyl (C=O) groups is 3. The molecular weight excluding hydrogens is 447 g/mol.